The van der Waals surface area contributed by atoms with E-state index in [9.17, 15) is 40.2 Å². The van der Waals surface area contributed by atoms with E-state index in [1.54, 1.807) is 6.92 Å². The van der Waals surface area contributed by atoms with E-state index in [1.807, 2.05) is 0 Å². The standard InChI is InChI=1S/C32H58O13/c1-5-7-9-11-13-15-21(17-23(33)34)43-24(35)18-22(16-14-12-10-8-6-2)44-32-30(28(39)26(37)20(4)42-32)45-31-29(40)27(38)25(36)19(3)41-31/h19-22,25-32,36-40H,5-18H2,1-4H3,(H,33,34)/t19?,20?,21-,22-,25+,26+,27?,28?,29?,30?,31+,32+/m1/s1. The van der Waals surface area contributed by atoms with E-state index in [-0.39, 0.29) is 12.8 Å². The van der Waals surface area contributed by atoms with Gasteiger partial charge < -0.3 is 54.3 Å². The Morgan fingerprint density at radius 2 is 1.16 bits per heavy atom. The van der Waals surface area contributed by atoms with E-state index in [1.165, 1.54) is 6.92 Å². The van der Waals surface area contributed by atoms with Crippen LogP contribution in [0.25, 0.3) is 0 Å². The quantitative estimate of drug-likeness (QED) is 0.0782. The van der Waals surface area contributed by atoms with Gasteiger partial charge in [-0.1, -0.05) is 71.6 Å². The predicted octanol–water partition coefficient (Wildman–Crippen LogP) is 2.55. The molecule has 0 aliphatic carbocycles. The number of carbonyl (C=O) groups is 2. The van der Waals surface area contributed by atoms with Crippen LogP contribution in [0.2, 0.25) is 0 Å². The van der Waals surface area contributed by atoms with Gasteiger partial charge in [-0.15, -0.1) is 0 Å². The number of carboxylic acid groups (broad SMARTS) is 1. The summed E-state index contributed by atoms with van der Waals surface area (Å²) in [5, 5.41) is 61.7. The van der Waals surface area contributed by atoms with Gasteiger partial charge in [0, 0.05) is 0 Å². The maximum absolute atomic E-state index is 13.1. The summed E-state index contributed by atoms with van der Waals surface area (Å²) < 4.78 is 29.1. The molecule has 45 heavy (non-hydrogen) atoms. The molecule has 2 saturated heterocycles. The van der Waals surface area contributed by atoms with Gasteiger partial charge in [0.2, 0.25) is 0 Å². The van der Waals surface area contributed by atoms with Crippen molar-refractivity contribution in [3.8, 4) is 0 Å². The van der Waals surface area contributed by atoms with Gasteiger partial charge in [0.1, 0.15) is 42.7 Å². The SMILES string of the molecule is CCCCCCC[C@H](CC(=O)O)OC(=O)C[C@@H](CCCCCCC)O[C@@H]1OC(C)[C@H](O)C(O)C1O[C@@H]1OC(C)[C@H](O)C(O)C1O. The van der Waals surface area contributed by atoms with Crippen LogP contribution in [0.4, 0.5) is 0 Å². The molecule has 12 atom stereocenters. The van der Waals surface area contributed by atoms with Crippen LogP contribution in [0.5, 0.6) is 0 Å². The second-order valence-electron chi connectivity index (χ2n) is 12.6. The van der Waals surface area contributed by atoms with Crippen molar-refractivity contribution >= 4 is 11.9 Å². The molecule has 2 rings (SSSR count). The summed E-state index contributed by atoms with van der Waals surface area (Å²) in [7, 11) is 0. The molecule has 13 heteroatoms. The van der Waals surface area contributed by atoms with Crippen LogP contribution >= 0.6 is 0 Å². The lowest BCUT2D eigenvalue weighted by atomic mass is 9.97. The average Bonchev–Trinajstić information content (AvgIpc) is 2.98. The molecule has 2 aliphatic rings. The van der Waals surface area contributed by atoms with Crippen molar-refractivity contribution in [2.24, 2.45) is 0 Å². The van der Waals surface area contributed by atoms with Crippen LogP contribution < -0.4 is 0 Å². The number of carboxylic acids is 1. The Bertz CT molecular complexity index is 844. The number of ether oxygens (including phenoxy) is 5. The van der Waals surface area contributed by atoms with Crippen molar-refractivity contribution in [2.75, 3.05) is 0 Å². The van der Waals surface area contributed by atoms with Crippen LogP contribution in [0, 0.1) is 0 Å². The molecule has 264 valence electrons. The second-order valence-corrected chi connectivity index (χ2v) is 12.6. The van der Waals surface area contributed by atoms with Crippen LogP contribution in [0.3, 0.4) is 0 Å². The number of carbonyl (C=O) groups excluding carboxylic acids is 1. The van der Waals surface area contributed by atoms with Crippen LogP contribution in [0.1, 0.15) is 118 Å². The smallest absolute Gasteiger partial charge is 0.308 e. The summed E-state index contributed by atoms with van der Waals surface area (Å²) >= 11 is 0. The zero-order chi connectivity index (χ0) is 33.5. The van der Waals surface area contributed by atoms with E-state index >= 15 is 0 Å². The Balaban J connectivity index is 2.16. The zero-order valence-corrected chi connectivity index (χ0v) is 27.4. The minimum atomic E-state index is -1.67. The maximum atomic E-state index is 13.1. The number of aliphatic hydroxyl groups excluding tert-OH is 5. The molecule has 0 aromatic carbocycles. The Morgan fingerprint density at radius 1 is 0.644 bits per heavy atom. The maximum Gasteiger partial charge on any atom is 0.308 e. The lowest BCUT2D eigenvalue weighted by Gasteiger charge is -2.46. The second kappa shape index (κ2) is 20.7. The molecule has 2 fully saturated rings. The fraction of sp³-hybridized carbons (Fsp3) is 0.938. The molecule has 0 amide bonds. The van der Waals surface area contributed by atoms with E-state index in [0.717, 1.165) is 64.2 Å². The highest BCUT2D eigenvalue weighted by Crippen LogP contribution is 2.31. The van der Waals surface area contributed by atoms with E-state index in [0.29, 0.717) is 12.8 Å². The predicted molar refractivity (Wildman–Crippen MR) is 162 cm³/mol. The van der Waals surface area contributed by atoms with Gasteiger partial charge in [-0.2, -0.15) is 0 Å². The summed E-state index contributed by atoms with van der Waals surface area (Å²) in [6.45, 7) is 7.24. The third kappa shape index (κ3) is 13.3. The summed E-state index contributed by atoms with van der Waals surface area (Å²) in [6, 6.07) is 0. The van der Waals surface area contributed by atoms with Gasteiger partial charge in [-0.05, 0) is 33.1 Å². The van der Waals surface area contributed by atoms with Gasteiger partial charge in [0.15, 0.2) is 12.6 Å². The third-order valence-electron chi connectivity index (χ3n) is 8.56. The van der Waals surface area contributed by atoms with Crippen molar-refractivity contribution in [3.05, 3.63) is 0 Å². The minimum Gasteiger partial charge on any atom is -0.481 e. The molecule has 2 aliphatic heterocycles. The summed E-state index contributed by atoms with van der Waals surface area (Å²) in [6.07, 6.45) is -5.07. The molecule has 0 bridgehead atoms. The average molecular weight is 651 g/mol. The number of aliphatic carboxylic acids is 1. The first-order valence-corrected chi connectivity index (χ1v) is 16.8. The van der Waals surface area contributed by atoms with Gasteiger partial charge in [0.05, 0.1) is 31.2 Å². The van der Waals surface area contributed by atoms with E-state index in [2.05, 4.69) is 13.8 Å². The molecule has 0 saturated carbocycles. The molecule has 0 aromatic heterocycles. The van der Waals surface area contributed by atoms with Crippen LogP contribution in [-0.2, 0) is 33.3 Å². The molecule has 2 heterocycles. The lowest BCUT2D eigenvalue weighted by Crippen LogP contribution is -2.63. The largest absolute Gasteiger partial charge is 0.481 e. The Morgan fingerprint density at radius 3 is 1.71 bits per heavy atom. The first-order chi connectivity index (χ1) is 21.4. The van der Waals surface area contributed by atoms with Gasteiger partial charge in [-0.25, -0.2) is 0 Å². The molecule has 6 unspecified atom stereocenters. The van der Waals surface area contributed by atoms with Crippen LogP contribution in [-0.4, -0.2) is 116 Å². The highest BCUT2D eigenvalue weighted by Gasteiger charge is 2.50. The molecule has 0 aromatic rings. The van der Waals surface area contributed by atoms with Gasteiger partial charge >= 0.3 is 11.9 Å². The third-order valence-corrected chi connectivity index (χ3v) is 8.56. The number of unbranched alkanes of at least 4 members (excludes halogenated alkanes) is 8. The number of rotatable bonds is 21. The van der Waals surface area contributed by atoms with E-state index in [4.69, 9.17) is 23.7 Å². The molecule has 6 N–H and O–H groups in total. The molecule has 0 radical (unpaired) electrons. The summed E-state index contributed by atoms with van der Waals surface area (Å²) in [4.78, 5) is 24.6. The van der Waals surface area contributed by atoms with Gasteiger partial charge in [-0.3, -0.25) is 9.59 Å². The van der Waals surface area contributed by atoms with Crippen molar-refractivity contribution < 1.29 is 63.9 Å². The molecule has 13 nitrogen and oxygen atoms in total. The number of hydrogen-bond acceptors (Lipinski definition) is 12. The number of hydrogen-bond donors (Lipinski definition) is 6. The first kappa shape index (κ1) is 39.8. The Labute approximate surface area is 267 Å². The summed E-state index contributed by atoms with van der Waals surface area (Å²) in [5.74, 6) is -1.67. The minimum absolute atomic E-state index is 0.205. The highest BCUT2D eigenvalue weighted by atomic mass is 16.8. The molecule has 0 spiro atoms. The normalized spacial score (nSPS) is 33.4. The fourth-order valence-electron chi connectivity index (χ4n) is 5.71. The van der Waals surface area contributed by atoms with Crippen molar-refractivity contribution in [2.45, 2.75) is 191 Å². The Kier molecular flexibility index (Phi) is 18.3. The number of aliphatic hydroxyl groups is 5. The zero-order valence-electron chi connectivity index (χ0n) is 27.4. The topological polar surface area (TPSA) is 202 Å². The monoisotopic (exact) mass is 650 g/mol. The van der Waals surface area contributed by atoms with Crippen molar-refractivity contribution in [1.82, 2.24) is 0 Å². The molecular weight excluding hydrogens is 592 g/mol. The fourth-order valence-corrected chi connectivity index (χ4v) is 5.71. The summed E-state index contributed by atoms with van der Waals surface area (Å²) in [5.41, 5.74) is 0. The lowest BCUT2D eigenvalue weighted by molar-refractivity contribution is -0.366. The van der Waals surface area contributed by atoms with E-state index < -0.39 is 85.6 Å². The van der Waals surface area contributed by atoms with Crippen molar-refractivity contribution in [3.63, 3.8) is 0 Å². The highest BCUT2D eigenvalue weighted by molar-refractivity contribution is 5.72. The van der Waals surface area contributed by atoms with Crippen LogP contribution in [0.15, 0.2) is 0 Å². The van der Waals surface area contributed by atoms with Crippen molar-refractivity contribution in [1.29, 1.82) is 0 Å². The first-order valence-electron chi connectivity index (χ1n) is 16.8. The molecular formula is C32H58O13. The Hall–Kier alpha value is -1.42. The number of esters is 1. The van der Waals surface area contributed by atoms with Gasteiger partial charge in [0.25, 0.3) is 0 Å².